The van der Waals surface area contributed by atoms with Crippen molar-refractivity contribution >= 4 is 33.2 Å². The molecule has 1 unspecified atom stereocenters. The SMILES string of the molecule is CCC(Br)C(=O)N(c1ccccc1)c1ccccc1. The molecule has 0 heterocycles. The summed E-state index contributed by atoms with van der Waals surface area (Å²) in [6, 6.07) is 19.4. The molecule has 2 aromatic carbocycles. The Kier molecular flexibility index (Phi) is 4.74. The summed E-state index contributed by atoms with van der Waals surface area (Å²) in [6.45, 7) is 1.99. The Morgan fingerprint density at radius 1 is 1.00 bits per heavy atom. The van der Waals surface area contributed by atoms with Crippen molar-refractivity contribution in [2.45, 2.75) is 18.2 Å². The third-order valence-electron chi connectivity index (χ3n) is 2.88. The normalized spacial score (nSPS) is 11.9. The number of halogens is 1. The Hall–Kier alpha value is -1.61. The molecule has 3 heteroatoms. The quantitative estimate of drug-likeness (QED) is 0.759. The molecule has 0 aliphatic rings. The Labute approximate surface area is 122 Å². The Bertz CT molecular complexity index is 487. The number of hydrogen-bond acceptors (Lipinski definition) is 1. The zero-order valence-corrected chi connectivity index (χ0v) is 12.4. The zero-order chi connectivity index (χ0) is 13.7. The summed E-state index contributed by atoms with van der Waals surface area (Å²) in [5, 5.41) is 0. The van der Waals surface area contributed by atoms with E-state index in [1.807, 2.05) is 67.6 Å². The van der Waals surface area contributed by atoms with Crippen LogP contribution in [0, 0.1) is 0 Å². The van der Waals surface area contributed by atoms with Crippen molar-refractivity contribution in [2.75, 3.05) is 4.90 Å². The van der Waals surface area contributed by atoms with E-state index in [0.29, 0.717) is 0 Å². The molecule has 0 aliphatic heterocycles. The van der Waals surface area contributed by atoms with E-state index in [1.54, 1.807) is 4.90 Å². The lowest BCUT2D eigenvalue weighted by Crippen LogP contribution is -2.32. The van der Waals surface area contributed by atoms with E-state index in [4.69, 9.17) is 0 Å². The number of anilines is 2. The maximum Gasteiger partial charge on any atom is 0.245 e. The molecule has 0 aromatic heterocycles. The van der Waals surface area contributed by atoms with Crippen molar-refractivity contribution in [1.29, 1.82) is 0 Å². The number of para-hydroxylation sites is 2. The molecule has 0 aliphatic carbocycles. The number of carbonyl (C=O) groups excluding carboxylic acids is 1. The molecule has 0 saturated carbocycles. The summed E-state index contributed by atoms with van der Waals surface area (Å²) >= 11 is 3.45. The third kappa shape index (κ3) is 3.24. The van der Waals surface area contributed by atoms with Crippen molar-refractivity contribution in [2.24, 2.45) is 0 Å². The van der Waals surface area contributed by atoms with Gasteiger partial charge in [-0.15, -0.1) is 0 Å². The summed E-state index contributed by atoms with van der Waals surface area (Å²) in [5.74, 6) is 0.0555. The van der Waals surface area contributed by atoms with Gasteiger partial charge in [-0.05, 0) is 30.7 Å². The zero-order valence-electron chi connectivity index (χ0n) is 10.8. The molecular weight excluding hydrogens is 302 g/mol. The number of benzene rings is 2. The maximum absolute atomic E-state index is 12.6. The van der Waals surface area contributed by atoms with Crippen molar-refractivity contribution in [3.63, 3.8) is 0 Å². The highest BCUT2D eigenvalue weighted by atomic mass is 79.9. The van der Waals surface area contributed by atoms with Gasteiger partial charge in [0.2, 0.25) is 5.91 Å². The smallest absolute Gasteiger partial charge is 0.245 e. The number of carbonyl (C=O) groups is 1. The molecule has 0 radical (unpaired) electrons. The fourth-order valence-corrected chi connectivity index (χ4v) is 2.08. The van der Waals surface area contributed by atoms with Crippen LogP contribution >= 0.6 is 15.9 Å². The highest BCUT2D eigenvalue weighted by Crippen LogP contribution is 2.27. The molecule has 0 spiro atoms. The predicted molar refractivity (Wildman–Crippen MR) is 83.0 cm³/mol. The fraction of sp³-hybridized carbons (Fsp3) is 0.188. The molecule has 2 rings (SSSR count). The number of rotatable bonds is 4. The van der Waals surface area contributed by atoms with E-state index >= 15 is 0 Å². The predicted octanol–water partition coefficient (Wildman–Crippen LogP) is 4.52. The van der Waals surface area contributed by atoms with Gasteiger partial charge in [0.1, 0.15) is 0 Å². The van der Waals surface area contributed by atoms with Gasteiger partial charge in [-0.3, -0.25) is 9.69 Å². The van der Waals surface area contributed by atoms with Crippen LogP contribution in [-0.2, 0) is 4.79 Å². The lowest BCUT2D eigenvalue weighted by atomic mass is 10.2. The number of amides is 1. The third-order valence-corrected chi connectivity index (χ3v) is 3.91. The molecule has 1 amide bonds. The molecule has 98 valence electrons. The van der Waals surface area contributed by atoms with E-state index in [9.17, 15) is 4.79 Å². The maximum atomic E-state index is 12.6. The van der Waals surface area contributed by atoms with Crippen LogP contribution in [-0.4, -0.2) is 10.7 Å². The minimum atomic E-state index is -0.173. The molecule has 0 fully saturated rings. The summed E-state index contributed by atoms with van der Waals surface area (Å²) in [6.07, 6.45) is 0.759. The standard InChI is InChI=1S/C16H16BrNO/c1-2-15(17)16(19)18(13-9-5-3-6-10-13)14-11-7-4-8-12-14/h3-12,15H,2H2,1H3. The van der Waals surface area contributed by atoms with Crippen LogP contribution in [0.1, 0.15) is 13.3 Å². The largest absolute Gasteiger partial charge is 0.280 e. The van der Waals surface area contributed by atoms with Crippen molar-refractivity contribution in [1.82, 2.24) is 0 Å². The second kappa shape index (κ2) is 6.53. The highest BCUT2D eigenvalue weighted by Gasteiger charge is 2.23. The second-order valence-corrected chi connectivity index (χ2v) is 5.33. The summed E-state index contributed by atoms with van der Waals surface area (Å²) < 4.78 is 0. The van der Waals surface area contributed by atoms with Gasteiger partial charge in [0.25, 0.3) is 0 Å². The lowest BCUT2D eigenvalue weighted by molar-refractivity contribution is -0.117. The first-order valence-corrected chi connectivity index (χ1v) is 7.23. The average molecular weight is 318 g/mol. The average Bonchev–Trinajstić information content (AvgIpc) is 2.49. The molecule has 2 aromatic rings. The molecule has 1 atom stereocenters. The van der Waals surface area contributed by atoms with Crippen molar-refractivity contribution in [3.05, 3.63) is 60.7 Å². The van der Waals surface area contributed by atoms with Crippen LogP contribution < -0.4 is 4.90 Å². The minimum Gasteiger partial charge on any atom is -0.280 e. The summed E-state index contributed by atoms with van der Waals surface area (Å²) in [7, 11) is 0. The first-order valence-electron chi connectivity index (χ1n) is 6.32. The Balaban J connectivity index is 2.43. The van der Waals surface area contributed by atoms with Crippen LogP contribution in [0.3, 0.4) is 0 Å². The topological polar surface area (TPSA) is 20.3 Å². The van der Waals surface area contributed by atoms with Crippen LogP contribution in [0.15, 0.2) is 60.7 Å². The van der Waals surface area contributed by atoms with Gasteiger partial charge in [0.05, 0.1) is 4.83 Å². The van der Waals surface area contributed by atoms with Gasteiger partial charge >= 0.3 is 0 Å². The highest BCUT2D eigenvalue weighted by molar-refractivity contribution is 9.10. The Morgan fingerprint density at radius 3 is 1.79 bits per heavy atom. The van der Waals surface area contributed by atoms with Crippen molar-refractivity contribution in [3.8, 4) is 0 Å². The summed E-state index contributed by atoms with van der Waals surface area (Å²) in [4.78, 5) is 14.1. The molecule has 0 N–H and O–H groups in total. The molecular formula is C16H16BrNO. The second-order valence-electron chi connectivity index (χ2n) is 4.22. The van der Waals surface area contributed by atoms with E-state index in [2.05, 4.69) is 15.9 Å². The minimum absolute atomic E-state index is 0.0555. The number of alkyl halides is 1. The first-order chi connectivity index (χ1) is 9.24. The van der Waals surface area contributed by atoms with Crippen LogP contribution in [0.25, 0.3) is 0 Å². The summed E-state index contributed by atoms with van der Waals surface area (Å²) in [5.41, 5.74) is 1.77. The molecule has 0 saturated heterocycles. The van der Waals surface area contributed by atoms with E-state index < -0.39 is 0 Å². The molecule has 0 bridgehead atoms. The van der Waals surface area contributed by atoms with E-state index in [-0.39, 0.29) is 10.7 Å². The number of hydrogen-bond donors (Lipinski definition) is 0. The fourth-order valence-electron chi connectivity index (χ4n) is 1.87. The first kappa shape index (κ1) is 13.8. The van der Waals surface area contributed by atoms with Gasteiger partial charge < -0.3 is 0 Å². The number of nitrogens with zero attached hydrogens (tertiary/aromatic N) is 1. The lowest BCUT2D eigenvalue weighted by Gasteiger charge is -2.25. The van der Waals surface area contributed by atoms with E-state index in [0.717, 1.165) is 17.8 Å². The molecule has 19 heavy (non-hydrogen) atoms. The van der Waals surface area contributed by atoms with Crippen LogP contribution in [0.4, 0.5) is 11.4 Å². The van der Waals surface area contributed by atoms with Crippen molar-refractivity contribution < 1.29 is 4.79 Å². The monoisotopic (exact) mass is 317 g/mol. The van der Waals surface area contributed by atoms with Gasteiger partial charge in [-0.25, -0.2) is 0 Å². The molecule has 2 nitrogen and oxygen atoms in total. The van der Waals surface area contributed by atoms with Crippen LogP contribution in [0.5, 0.6) is 0 Å². The van der Waals surface area contributed by atoms with Gasteiger partial charge in [0.15, 0.2) is 0 Å². The van der Waals surface area contributed by atoms with Gasteiger partial charge in [0, 0.05) is 11.4 Å². The van der Waals surface area contributed by atoms with Gasteiger partial charge in [-0.2, -0.15) is 0 Å². The van der Waals surface area contributed by atoms with Gasteiger partial charge in [-0.1, -0.05) is 59.3 Å². The van der Waals surface area contributed by atoms with Crippen LogP contribution in [0.2, 0.25) is 0 Å². The van der Waals surface area contributed by atoms with E-state index in [1.165, 1.54) is 0 Å². The Morgan fingerprint density at radius 2 is 1.42 bits per heavy atom.